The lowest BCUT2D eigenvalue weighted by molar-refractivity contribution is 0.306. The molecule has 0 radical (unpaired) electrons. The summed E-state index contributed by atoms with van der Waals surface area (Å²) in [7, 11) is -1.31. The van der Waals surface area contributed by atoms with Gasteiger partial charge in [0, 0.05) is 32.7 Å². The minimum atomic E-state index is -3.07. The zero-order chi connectivity index (χ0) is 19.2. The third-order valence-electron chi connectivity index (χ3n) is 4.96. The molecule has 1 aromatic carbocycles. The average molecular weight is 508 g/mol. The highest BCUT2D eigenvalue weighted by molar-refractivity contribution is 14.0. The van der Waals surface area contributed by atoms with Crippen LogP contribution in [0.4, 0.5) is 0 Å². The molecule has 1 atom stereocenters. The highest BCUT2D eigenvalue weighted by Gasteiger charge is 2.27. The third kappa shape index (κ3) is 7.23. The lowest BCUT2D eigenvalue weighted by atomic mass is 9.99. The third-order valence-corrected chi connectivity index (χ3v) is 6.84. The largest absolute Gasteiger partial charge is 0.356 e. The first-order chi connectivity index (χ1) is 12.4. The predicted molar refractivity (Wildman–Crippen MR) is 124 cm³/mol. The molecule has 1 aromatic rings. The molecule has 1 unspecified atom stereocenters. The second-order valence-electron chi connectivity index (χ2n) is 6.99. The number of benzene rings is 1. The zero-order valence-electron chi connectivity index (χ0n) is 16.7. The average Bonchev–Trinajstić information content (AvgIpc) is 2.65. The Morgan fingerprint density at radius 2 is 2.00 bits per heavy atom. The molecule has 27 heavy (non-hydrogen) atoms. The number of piperidine rings is 1. The van der Waals surface area contributed by atoms with Crippen molar-refractivity contribution in [3.8, 4) is 0 Å². The van der Waals surface area contributed by atoms with Crippen LogP contribution in [0.3, 0.4) is 0 Å². The summed E-state index contributed by atoms with van der Waals surface area (Å²) >= 11 is 0. The standard InChI is InChI=1S/C19H32N4O2S.HI/c1-5-26(24,25)23-11-9-18(10-12-23)22-19(20-4)21-14-16(3)17-8-6-7-15(2)13-17;/h6-8,13,16,18H,5,9-12,14H2,1-4H3,(H2,20,21,22);1H. The smallest absolute Gasteiger partial charge is 0.213 e. The van der Waals surface area contributed by atoms with Crippen molar-refractivity contribution in [1.82, 2.24) is 14.9 Å². The highest BCUT2D eigenvalue weighted by Crippen LogP contribution is 2.16. The summed E-state index contributed by atoms with van der Waals surface area (Å²) in [6, 6.07) is 8.81. The van der Waals surface area contributed by atoms with Crippen molar-refractivity contribution in [2.24, 2.45) is 4.99 Å². The zero-order valence-corrected chi connectivity index (χ0v) is 19.9. The molecule has 154 valence electrons. The summed E-state index contributed by atoms with van der Waals surface area (Å²) < 4.78 is 25.5. The van der Waals surface area contributed by atoms with E-state index in [-0.39, 0.29) is 35.8 Å². The minimum absolute atomic E-state index is 0. The van der Waals surface area contributed by atoms with E-state index < -0.39 is 10.0 Å². The van der Waals surface area contributed by atoms with E-state index in [0.29, 0.717) is 19.0 Å². The van der Waals surface area contributed by atoms with E-state index in [4.69, 9.17) is 0 Å². The molecule has 0 spiro atoms. The lowest BCUT2D eigenvalue weighted by Crippen LogP contribution is -2.50. The van der Waals surface area contributed by atoms with Gasteiger partial charge in [-0.3, -0.25) is 4.99 Å². The van der Waals surface area contributed by atoms with Gasteiger partial charge in [-0.05, 0) is 38.2 Å². The van der Waals surface area contributed by atoms with Gasteiger partial charge in [-0.1, -0.05) is 36.8 Å². The van der Waals surface area contributed by atoms with Gasteiger partial charge in [-0.2, -0.15) is 0 Å². The fourth-order valence-corrected chi connectivity index (χ4v) is 4.33. The highest BCUT2D eigenvalue weighted by atomic mass is 127. The minimum Gasteiger partial charge on any atom is -0.356 e. The molecular weight excluding hydrogens is 475 g/mol. The van der Waals surface area contributed by atoms with Crippen LogP contribution in [-0.2, 0) is 10.0 Å². The van der Waals surface area contributed by atoms with Crippen LogP contribution in [0.25, 0.3) is 0 Å². The Labute approximate surface area is 181 Å². The van der Waals surface area contributed by atoms with Crippen LogP contribution in [0.15, 0.2) is 29.3 Å². The summed E-state index contributed by atoms with van der Waals surface area (Å²) in [4.78, 5) is 4.31. The van der Waals surface area contributed by atoms with E-state index in [1.54, 1.807) is 18.3 Å². The first kappa shape index (κ1) is 24.2. The number of nitrogens with zero attached hydrogens (tertiary/aromatic N) is 2. The van der Waals surface area contributed by atoms with Gasteiger partial charge in [0.25, 0.3) is 0 Å². The monoisotopic (exact) mass is 508 g/mol. The lowest BCUT2D eigenvalue weighted by Gasteiger charge is -2.32. The molecule has 1 heterocycles. The molecule has 0 amide bonds. The van der Waals surface area contributed by atoms with Crippen molar-refractivity contribution in [3.05, 3.63) is 35.4 Å². The second kappa shape index (κ2) is 11.2. The van der Waals surface area contributed by atoms with E-state index in [0.717, 1.165) is 25.3 Å². The SMILES string of the molecule is CCS(=O)(=O)N1CCC(NC(=NC)NCC(C)c2cccc(C)c2)CC1.I. The van der Waals surface area contributed by atoms with Gasteiger partial charge >= 0.3 is 0 Å². The summed E-state index contributed by atoms with van der Waals surface area (Å²) in [6.07, 6.45) is 1.60. The van der Waals surface area contributed by atoms with Gasteiger partial charge < -0.3 is 10.6 Å². The first-order valence-corrected chi connectivity index (χ1v) is 11.0. The van der Waals surface area contributed by atoms with Gasteiger partial charge in [0.2, 0.25) is 10.0 Å². The van der Waals surface area contributed by atoms with Crippen molar-refractivity contribution in [3.63, 3.8) is 0 Å². The fourth-order valence-electron chi connectivity index (χ4n) is 3.19. The van der Waals surface area contributed by atoms with Crippen LogP contribution in [0.1, 0.15) is 43.7 Å². The molecule has 0 saturated carbocycles. The molecule has 1 fully saturated rings. The maximum Gasteiger partial charge on any atom is 0.213 e. The van der Waals surface area contributed by atoms with Crippen LogP contribution in [0.5, 0.6) is 0 Å². The van der Waals surface area contributed by atoms with Crippen molar-refractivity contribution >= 4 is 40.0 Å². The Balaban J connectivity index is 0.00000364. The van der Waals surface area contributed by atoms with Gasteiger partial charge in [0.1, 0.15) is 0 Å². The number of hydrogen-bond acceptors (Lipinski definition) is 3. The van der Waals surface area contributed by atoms with Crippen LogP contribution < -0.4 is 10.6 Å². The Kier molecular flexibility index (Phi) is 10.0. The summed E-state index contributed by atoms with van der Waals surface area (Å²) in [6.45, 7) is 7.94. The van der Waals surface area contributed by atoms with Gasteiger partial charge in [-0.25, -0.2) is 12.7 Å². The first-order valence-electron chi connectivity index (χ1n) is 9.37. The Bertz CT molecular complexity index is 716. The predicted octanol–water partition coefficient (Wildman–Crippen LogP) is 2.70. The topological polar surface area (TPSA) is 73.8 Å². The van der Waals surface area contributed by atoms with Crippen LogP contribution >= 0.6 is 24.0 Å². The molecule has 8 heteroatoms. The number of aliphatic imine (C=N–C) groups is 1. The van der Waals surface area contributed by atoms with E-state index >= 15 is 0 Å². The van der Waals surface area contributed by atoms with Gasteiger partial charge in [0.15, 0.2) is 5.96 Å². The molecule has 0 bridgehead atoms. The molecule has 6 nitrogen and oxygen atoms in total. The molecule has 0 aliphatic carbocycles. The van der Waals surface area contributed by atoms with Crippen molar-refractivity contribution in [2.75, 3.05) is 32.4 Å². The fraction of sp³-hybridized carbons (Fsp3) is 0.632. The van der Waals surface area contributed by atoms with Crippen molar-refractivity contribution in [1.29, 1.82) is 0 Å². The van der Waals surface area contributed by atoms with E-state index in [9.17, 15) is 8.42 Å². The Morgan fingerprint density at radius 3 is 2.56 bits per heavy atom. The van der Waals surface area contributed by atoms with Crippen LogP contribution in [0.2, 0.25) is 0 Å². The number of hydrogen-bond donors (Lipinski definition) is 2. The molecule has 1 aliphatic heterocycles. The maximum atomic E-state index is 11.9. The summed E-state index contributed by atoms with van der Waals surface area (Å²) in [5, 5.41) is 6.83. The quantitative estimate of drug-likeness (QED) is 0.352. The molecule has 0 aromatic heterocycles. The molecule has 2 rings (SSSR count). The molecule has 1 saturated heterocycles. The number of rotatable bonds is 6. The number of sulfonamides is 1. The summed E-state index contributed by atoms with van der Waals surface area (Å²) in [5.41, 5.74) is 2.58. The molecule has 1 aliphatic rings. The second-order valence-corrected chi connectivity index (χ2v) is 9.24. The Morgan fingerprint density at radius 1 is 1.33 bits per heavy atom. The van der Waals surface area contributed by atoms with Crippen LogP contribution in [0, 0.1) is 6.92 Å². The Hall–Kier alpha value is -0.870. The van der Waals surface area contributed by atoms with Gasteiger partial charge in [0.05, 0.1) is 5.75 Å². The number of guanidine groups is 1. The normalized spacial score (nSPS) is 17.9. The van der Waals surface area contributed by atoms with Gasteiger partial charge in [-0.15, -0.1) is 24.0 Å². The molecule has 2 N–H and O–H groups in total. The van der Waals surface area contributed by atoms with E-state index in [2.05, 4.69) is 53.7 Å². The number of halogens is 1. The van der Waals surface area contributed by atoms with E-state index in [1.807, 2.05) is 0 Å². The summed E-state index contributed by atoms with van der Waals surface area (Å²) in [5.74, 6) is 1.33. The number of nitrogens with one attached hydrogen (secondary N) is 2. The maximum absolute atomic E-state index is 11.9. The van der Waals surface area contributed by atoms with Crippen molar-refractivity contribution < 1.29 is 8.42 Å². The van der Waals surface area contributed by atoms with E-state index in [1.165, 1.54) is 11.1 Å². The molecular formula is C19H33IN4O2S. The van der Waals surface area contributed by atoms with Crippen LogP contribution in [-0.4, -0.2) is 57.2 Å². The van der Waals surface area contributed by atoms with Crippen molar-refractivity contribution in [2.45, 2.75) is 45.6 Å². The number of aryl methyl sites for hydroxylation is 1.